The molecular weight excluding hydrogens is 271 g/mol. The lowest BCUT2D eigenvalue weighted by atomic mass is 10.2. The second-order valence-corrected chi connectivity index (χ2v) is 4.82. The van der Waals surface area contributed by atoms with Crippen LogP contribution in [0.3, 0.4) is 0 Å². The van der Waals surface area contributed by atoms with E-state index in [2.05, 4.69) is 10.6 Å². The Hall–Kier alpha value is -1.62. The summed E-state index contributed by atoms with van der Waals surface area (Å²) in [4.78, 5) is 22.7. The van der Waals surface area contributed by atoms with Crippen LogP contribution in [0.4, 0.5) is 10.1 Å². The fraction of sp³-hybridized carbons (Fsp3) is 0.385. The Balaban J connectivity index is 2.39. The molecule has 0 saturated carbocycles. The van der Waals surface area contributed by atoms with Gasteiger partial charge in [-0.2, -0.15) is 0 Å². The zero-order valence-electron chi connectivity index (χ0n) is 10.8. The van der Waals surface area contributed by atoms with E-state index >= 15 is 0 Å². The quantitative estimate of drug-likeness (QED) is 0.815. The van der Waals surface area contributed by atoms with Crippen molar-refractivity contribution in [3.8, 4) is 0 Å². The number of alkyl halides is 1. The van der Waals surface area contributed by atoms with Gasteiger partial charge < -0.3 is 10.6 Å². The minimum Gasteiger partial charge on any atom is -0.354 e. The van der Waals surface area contributed by atoms with E-state index in [0.717, 1.165) is 0 Å². The van der Waals surface area contributed by atoms with Gasteiger partial charge in [0.05, 0.1) is 0 Å². The van der Waals surface area contributed by atoms with Gasteiger partial charge in [0.1, 0.15) is 11.2 Å². The fourth-order valence-electron chi connectivity index (χ4n) is 1.39. The van der Waals surface area contributed by atoms with Crippen LogP contribution in [0.25, 0.3) is 0 Å². The van der Waals surface area contributed by atoms with Gasteiger partial charge in [-0.3, -0.25) is 9.59 Å². The predicted molar refractivity (Wildman–Crippen MR) is 72.7 cm³/mol. The van der Waals surface area contributed by atoms with Crippen LogP contribution in [0, 0.1) is 12.7 Å². The average Bonchev–Trinajstić information content (AvgIpc) is 2.33. The number of hydrogen-bond donors (Lipinski definition) is 2. The first-order valence-corrected chi connectivity index (χ1v) is 6.31. The number of carbonyl (C=O) groups excluding carboxylic acids is 2. The maximum atomic E-state index is 13.0. The van der Waals surface area contributed by atoms with Crippen LogP contribution in [-0.4, -0.2) is 23.7 Å². The number of anilines is 1. The highest BCUT2D eigenvalue weighted by molar-refractivity contribution is 6.30. The SMILES string of the molecule is Cc1cc(NC(=O)CCNC(=O)[C@H](C)Cl)ccc1F. The summed E-state index contributed by atoms with van der Waals surface area (Å²) in [5.74, 6) is -0.887. The van der Waals surface area contributed by atoms with Gasteiger partial charge in [-0.25, -0.2) is 4.39 Å². The zero-order valence-corrected chi connectivity index (χ0v) is 11.6. The Morgan fingerprint density at radius 2 is 2.11 bits per heavy atom. The van der Waals surface area contributed by atoms with Gasteiger partial charge in [0, 0.05) is 18.7 Å². The molecule has 0 aliphatic carbocycles. The van der Waals surface area contributed by atoms with E-state index in [4.69, 9.17) is 11.6 Å². The smallest absolute Gasteiger partial charge is 0.237 e. The summed E-state index contributed by atoms with van der Waals surface area (Å²) < 4.78 is 13.0. The van der Waals surface area contributed by atoms with Gasteiger partial charge in [0.15, 0.2) is 0 Å². The molecule has 4 nitrogen and oxygen atoms in total. The minimum atomic E-state index is -0.622. The van der Waals surface area contributed by atoms with Crippen molar-refractivity contribution in [1.29, 1.82) is 0 Å². The van der Waals surface area contributed by atoms with Crippen molar-refractivity contribution in [3.05, 3.63) is 29.6 Å². The Morgan fingerprint density at radius 1 is 1.42 bits per heavy atom. The van der Waals surface area contributed by atoms with Crippen LogP contribution in [0.1, 0.15) is 18.9 Å². The summed E-state index contributed by atoms with van der Waals surface area (Å²) in [5, 5.41) is 4.53. The number of halogens is 2. The lowest BCUT2D eigenvalue weighted by Crippen LogP contribution is -2.32. The topological polar surface area (TPSA) is 58.2 Å². The summed E-state index contributed by atoms with van der Waals surface area (Å²) in [6.45, 7) is 3.38. The molecule has 0 aliphatic rings. The standard InChI is InChI=1S/C13H16ClFN2O2/c1-8-7-10(3-4-11(8)15)17-12(18)5-6-16-13(19)9(2)14/h3-4,7,9H,5-6H2,1-2H3,(H,16,19)(H,17,18)/t9-/m0/s1. The van der Waals surface area contributed by atoms with Crippen molar-refractivity contribution in [2.24, 2.45) is 0 Å². The van der Waals surface area contributed by atoms with Crippen LogP contribution in [0.2, 0.25) is 0 Å². The highest BCUT2D eigenvalue weighted by Gasteiger charge is 2.09. The molecule has 0 heterocycles. The van der Waals surface area contributed by atoms with Crippen molar-refractivity contribution in [3.63, 3.8) is 0 Å². The number of carbonyl (C=O) groups is 2. The van der Waals surface area contributed by atoms with Gasteiger partial charge in [0.2, 0.25) is 11.8 Å². The molecule has 0 bridgehead atoms. The second kappa shape index (κ2) is 7.09. The molecule has 0 spiro atoms. The lowest BCUT2D eigenvalue weighted by molar-refractivity contribution is -0.120. The van der Waals surface area contributed by atoms with Crippen LogP contribution in [-0.2, 0) is 9.59 Å². The van der Waals surface area contributed by atoms with Gasteiger partial charge in [-0.05, 0) is 37.6 Å². The molecule has 0 saturated heterocycles. The maximum Gasteiger partial charge on any atom is 0.237 e. The highest BCUT2D eigenvalue weighted by atomic mass is 35.5. The Kier molecular flexibility index (Phi) is 5.76. The molecule has 104 valence electrons. The summed E-state index contributed by atoms with van der Waals surface area (Å²) >= 11 is 5.56. The van der Waals surface area contributed by atoms with Crippen molar-refractivity contribution in [2.75, 3.05) is 11.9 Å². The number of amides is 2. The number of nitrogens with one attached hydrogen (secondary N) is 2. The molecule has 1 atom stereocenters. The van der Waals surface area contributed by atoms with Crippen LogP contribution in [0.15, 0.2) is 18.2 Å². The number of benzene rings is 1. The molecule has 0 aromatic heterocycles. The molecule has 0 radical (unpaired) electrons. The number of hydrogen-bond acceptors (Lipinski definition) is 2. The van der Waals surface area contributed by atoms with Crippen molar-refractivity contribution in [2.45, 2.75) is 25.6 Å². The first kappa shape index (κ1) is 15.4. The molecule has 1 rings (SSSR count). The molecule has 19 heavy (non-hydrogen) atoms. The number of aryl methyl sites for hydroxylation is 1. The average molecular weight is 287 g/mol. The molecule has 1 aromatic rings. The van der Waals surface area contributed by atoms with E-state index < -0.39 is 5.38 Å². The molecule has 2 N–H and O–H groups in total. The van der Waals surface area contributed by atoms with E-state index in [1.54, 1.807) is 19.9 Å². The summed E-state index contributed by atoms with van der Waals surface area (Å²) in [6.07, 6.45) is 0.131. The first-order chi connectivity index (χ1) is 8.90. The van der Waals surface area contributed by atoms with Crippen molar-refractivity contribution in [1.82, 2.24) is 5.32 Å². The monoisotopic (exact) mass is 286 g/mol. The normalized spacial score (nSPS) is 11.8. The van der Waals surface area contributed by atoms with Gasteiger partial charge in [-0.1, -0.05) is 0 Å². The summed E-state index contributed by atoms with van der Waals surface area (Å²) in [6, 6.07) is 4.33. The van der Waals surface area contributed by atoms with Crippen molar-refractivity contribution >= 4 is 29.1 Å². The Morgan fingerprint density at radius 3 is 2.68 bits per heavy atom. The number of rotatable bonds is 5. The third-order valence-corrected chi connectivity index (χ3v) is 2.65. The third kappa shape index (κ3) is 5.26. The van der Waals surface area contributed by atoms with Gasteiger partial charge in [-0.15, -0.1) is 11.6 Å². The van der Waals surface area contributed by atoms with Gasteiger partial charge in [0.25, 0.3) is 0 Å². The zero-order chi connectivity index (χ0) is 14.4. The largest absolute Gasteiger partial charge is 0.354 e. The maximum absolute atomic E-state index is 13.0. The highest BCUT2D eigenvalue weighted by Crippen LogP contribution is 2.13. The predicted octanol–water partition coefficient (Wildman–Crippen LogP) is 2.21. The minimum absolute atomic E-state index is 0.131. The fourth-order valence-corrected chi connectivity index (χ4v) is 1.46. The van der Waals surface area contributed by atoms with E-state index in [-0.39, 0.29) is 30.6 Å². The molecule has 0 fully saturated rings. The third-order valence-electron chi connectivity index (χ3n) is 2.45. The molecular formula is C13H16ClFN2O2. The Bertz CT molecular complexity index is 478. The van der Waals surface area contributed by atoms with E-state index in [9.17, 15) is 14.0 Å². The molecule has 0 unspecified atom stereocenters. The van der Waals surface area contributed by atoms with Crippen LogP contribution < -0.4 is 10.6 Å². The van der Waals surface area contributed by atoms with Gasteiger partial charge >= 0.3 is 0 Å². The molecule has 1 aromatic carbocycles. The first-order valence-electron chi connectivity index (χ1n) is 5.88. The summed E-state index contributed by atoms with van der Waals surface area (Å²) in [5.41, 5.74) is 0.989. The van der Waals surface area contributed by atoms with Crippen molar-refractivity contribution < 1.29 is 14.0 Å². The van der Waals surface area contributed by atoms with E-state index in [1.165, 1.54) is 12.1 Å². The van der Waals surface area contributed by atoms with Crippen LogP contribution in [0.5, 0.6) is 0 Å². The molecule has 2 amide bonds. The molecule has 0 aliphatic heterocycles. The lowest BCUT2D eigenvalue weighted by Gasteiger charge is -2.08. The van der Waals surface area contributed by atoms with E-state index in [1.807, 2.05) is 0 Å². The summed E-state index contributed by atoms with van der Waals surface area (Å²) in [7, 11) is 0. The van der Waals surface area contributed by atoms with E-state index in [0.29, 0.717) is 11.3 Å². The second-order valence-electron chi connectivity index (χ2n) is 4.17. The van der Waals surface area contributed by atoms with Crippen LogP contribution >= 0.6 is 11.6 Å². The molecule has 6 heteroatoms. The Labute approximate surface area is 116 Å².